The van der Waals surface area contributed by atoms with Crippen molar-refractivity contribution in [2.45, 2.75) is 12.8 Å². The fraction of sp³-hybridized carbons (Fsp3) is 0.267. The maximum atomic E-state index is 5.99. The number of benzene rings is 1. The van der Waals surface area contributed by atoms with Crippen LogP contribution >= 0.6 is 11.3 Å². The van der Waals surface area contributed by atoms with Crippen LogP contribution in [0.2, 0.25) is 0 Å². The van der Waals surface area contributed by atoms with Gasteiger partial charge in [0.2, 0.25) is 0 Å². The number of rotatable bonds is 3. The van der Waals surface area contributed by atoms with Gasteiger partial charge in [-0.1, -0.05) is 12.1 Å². The van der Waals surface area contributed by atoms with Crippen LogP contribution in [0.25, 0.3) is 11.0 Å². The highest BCUT2D eigenvalue weighted by atomic mass is 32.1. The van der Waals surface area contributed by atoms with Crippen molar-refractivity contribution in [1.29, 1.82) is 0 Å². The van der Waals surface area contributed by atoms with Crippen molar-refractivity contribution in [2.24, 2.45) is 12.8 Å². The molecule has 2 heterocycles. The molecule has 0 bridgehead atoms. The minimum Gasteiger partial charge on any atom is -0.331 e. The van der Waals surface area contributed by atoms with Crippen LogP contribution in [0.3, 0.4) is 0 Å². The van der Waals surface area contributed by atoms with Crippen molar-refractivity contribution in [3.8, 4) is 0 Å². The molecule has 0 radical (unpaired) electrons. The first-order valence-electron chi connectivity index (χ1n) is 6.38. The van der Waals surface area contributed by atoms with Crippen molar-refractivity contribution in [2.75, 3.05) is 6.54 Å². The van der Waals surface area contributed by atoms with Gasteiger partial charge in [0.15, 0.2) is 0 Å². The van der Waals surface area contributed by atoms with Crippen molar-refractivity contribution < 1.29 is 0 Å². The van der Waals surface area contributed by atoms with Gasteiger partial charge >= 0.3 is 0 Å². The van der Waals surface area contributed by atoms with Gasteiger partial charge in [-0.3, -0.25) is 0 Å². The SMILES string of the molecule is Cc1ccc(C(CN)c2nc3ccccc3n2C)s1. The van der Waals surface area contributed by atoms with Gasteiger partial charge in [0, 0.05) is 23.3 Å². The Bertz CT molecular complexity index is 711. The molecule has 98 valence electrons. The zero-order valence-electron chi connectivity index (χ0n) is 11.1. The van der Waals surface area contributed by atoms with Gasteiger partial charge in [0.05, 0.1) is 17.0 Å². The van der Waals surface area contributed by atoms with Crippen LogP contribution in [0.15, 0.2) is 36.4 Å². The van der Waals surface area contributed by atoms with Gasteiger partial charge in [-0.15, -0.1) is 11.3 Å². The van der Waals surface area contributed by atoms with E-state index in [9.17, 15) is 0 Å². The molecule has 0 spiro atoms. The molecular weight excluding hydrogens is 254 g/mol. The topological polar surface area (TPSA) is 43.8 Å². The van der Waals surface area contributed by atoms with Gasteiger partial charge < -0.3 is 10.3 Å². The van der Waals surface area contributed by atoms with Crippen LogP contribution in [0.5, 0.6) is 0 Å². The Morgan fingerprint density at radius 1 is 1.26 bits per heavy atom. The minimum atomic E-state index is 0.177. The second kappa shape index (κ2) is 4.79. The number of aromatic nitrogens is 2. The number of imidazole rings is 1. The first-order chi connectivity index (χ1) is 9.20. The van der Waals surface area contributed by atoms with Crippen molar-refractivity contribution in [3.63, 3.8) is 0 Å². The van der Waals surface area contributed by atoms with E-state index in [4.69, 9.17) is 10.7 Å². The number of nitrogens with two attached hydrogens (primary N) is 1. The molecule has 3 nitrogen and oxygen atoms in total. The molecule has 3 rings (SSSR count). The number of para-hydroxylation sites is 2. The van der Waals surface area contributed by atoms with E-state index in [1.165, 1.54) is 9.75 Å². The Morgan fingerprint density at radius 2 is 2.05 bits per heavy atom. The Kier molecular flexibility index (Phi) is 3.12. The first kappa shape index (κ1) is 12.4. The molecule has 0 aliphatic carbocycles. The highest BCUT2D eigenvalue weighted by Gasteiger charge is 2.20. The lowest BCUT2D eigenvalue weighted by atomic mass is 10.1. The molecule has 0 saturated heterocycles. The Labute approximate surface area is 116 Å². The van der Waals surface area contributed by atoms with E-state index in [1.807, 2.05) is 18.2 Å². The number of nitrogens with zero attached hydrogens (tertiary/aromatic N) is 2. The highest BCUT2D eigenvalue weighted by molar-refractivity contribution is 7.12. The molecular formula is C15H17N3S. The summed E-state index contributed by atoms with van der Waals surface area (Å²) in [6, 6.07) is 12.5. The molecule has 4 heteroatoms. The Hall–Kier alpha value is -1.65. The quantitative estimate of drug-likeness (QED) is 0.795. The third-order valence-electron chi connectivity index (χ3n) is 3.47. The molecule has 0 fully saturated rings. The van der Waals surface area contributed by atoms with E-state index in [-0.39, 0.29) is 5.92 Å². The van der Waals surface area contributed by atoms with Crippen LogP contribution < -0.4 is 5.73 Å². The molecule has 19 heavy (non-hydrogen) atoms. The molecule has 2 aromatic heterocycles. The van der Waals surface area contributed by atoms with E-state index >= 15 is 0 Å². The molecule has 3 aromatic rings. The standard InChI is InChI=1S/C15H17N3S/c1-10-7-8-14(19-10)11(9-16)15-17-12-5-3-4-6-13(12)18(15)2/h3-8,11H,9,16H2,1-2H3. The third kappa shape index (κ3) is 2.07. The molecule has 1 atom stereocenters. The van der Waals surface area contributed by atoms with Crippen LogP contribution in [-0.4, -0.2) is 16.1 Å². The average molecular weight is 271 g/mol. The Balaban J connectivity index is 2.13. The number of thiophene rings is 1. The second-order valence-corrected chi connectivity index (χ2v) is 6.07. The molecule has 1 unspecified atom stereocenters. The van der Waals surface area contributed by atoms with Crippen molar-refractivity contribution in [1.82, 2.24) is 9.55 Å². The number of aryl methyl sites for hydroxylation is 2. The van der Waals surface area contributed by atoms with Gasteiger partial charge in [-0.05, 0) is 31.2 Å². The number of hydrogen-bond donors (Lipinski definition) is 1. The fourth-order valence-corrected chi connectivity index (χ4v) is 3.45. The van der Waals surface area contributed by atoms with Gasteiger partial charge in [-0.25, -0.2) is 4.98 Å². The third-order valence-corrected chi connectivity index (χ3v) is 4.59. The molecule has 1 aromatic carbocycles. The predicted molar refractivity (Wildman–Crippen MR) is 80.7 cm³/mol. The van der Waals surface area contributed by atoms with E-state index < -0.39 is 0 Å². The average Bonchev–Trinajstić information content (AvgIpc) is 2.97. The smallest absolute Gasteiger partial charge is 0.119 e. The molecule has 2 N–H and O–H groups in total. The highest BCUT2D eigenvalue weighted by Crippen LogP contribution is 2.30. The summed E-state index contributed by atoms with van der Waals surface area (Å²) in [4.78, 5) is 7.36. The molecule has 0 aliphatic heterocycles. The summed E-state index contributed by atoms with van der Waals surface area (Å²) >= 11 is 1.80. The lowest BCUT2D eigenvalue weighted by molar-refractivity contribution is 0.717. The largest absolute Gasteiger partial charge is 0.331 e. The summed E-state index contributed by atoms with van der Waals surface area (Å²) in [6.45, 7) is 2.70. The lowest BCUT2D eigenvalue weighted by Crippen LogP contribution is -2.16. The fourth-order valence-electron chi connectivity index (χ4n) is 2.47. The molecule has 0 saturated carbocycles. The molecule has 0 aliphatic rings. The zero-order valence-corrected chi connectivity index (χ0v) is 11.9. The van der Waals surface area contributed by atoms with Gasteiger partial charge in [0.25, 0.3) is 0 Å². The van der Waals surface area contributed by atoms with E-state index in [1.54, 1.807) is 11.3 Å². The maximum Gasteiger partial charge on any atom is 0.119 e. The van der Waals surface area contributed by atoms with Crippen LogP contribution in [0.1, 0.15) is 21.5 Å². The summed E-state index contributed by atoms with van der Waals surface area (Å²) < 4.78 is 2.15. The van der Waals surface area contributed by atoms with E-state index in [0.717, 1.165) is 16.9 Å². The van der Waals surface area contributed by atoms with Crippen LogP contribution in [0, 0.1) is 6.92 Å². The van der Waals surface area contributed by atoms with Crippen molar-refractivity contribution >= 4 is 22.4 Å². The summed E-state index contributed by atoms with van der Waals surface area (Å²) in [7, 11) is 2.06. The lowest BCUT2D eigenvalue weighted by Gasteiger charge is -2.12. The summed E-state index contributed by atoms with van der Waals surface area (Å²) in [5.41, 5.74) is 8.18. The molecule has 0 amide bonds. The first-order valence-corrected chi connectivity index (χ1v) is 7.20. The van der Waals surface area contributed by atoms with Crippen molar-refractivity contribution in [3.05, 3.63) is 52.0 Å². The second-order valence-electron chi connectivity index (χ2n) is 4.75. The normalized spacial score (nSPS) is 13.0. The summed E-state index contributed by atoms with van der Waals surface area (Å²) in [5, 5.41) is 0. The maximum absolute atomic E-state index is 5.99. The predicted octanol–water partition coefficient (Wildman–Crippen LogP) is 3.03. The van der Waals surface area contributed by atoms with E-state index in [2.05, 4.69) is 36.7 Å². The van der Waals surface area contributed by atoms with Gasteiger partial charge in [0.1, 0.15) is 5.82 Å². The van der Waals surface area contributed by atoms with Gasteiger partial charge in [-0.2, -0.15) is 0 Å². The zero-order chi connectivity index (χ0) is 13.4. The van der Waals surface area contributed by atoms with E-state index in [0.29, 0.717) is 6.54 Å². The summed E-state index contributed by atoms with van der Waals surface area (Å²) in [5.74, 6) is 1.22. The number of hydrogen-bond acceptors (Lipinski definition) is 3. The summed E-state index contributed by atoms with van der Waals surface area (Å²) in [6.07, 6.45) is 0. The Morgan fingerprint density at radius 3 is 2.68 bits per heavy atom. The van der Waals surface area contributed by atoms with Crippen LogP contribution in [0.4, 0.5) is 0 Å². The minimum absolute atomic E-state index is 0.177. The van der Waals surface area contributed by atoms with Crippen LogP contribution in [-0.2, 0) is 7.05 Å². The monoisotopic (exact) mass is 271 g/mol. The number of fused-ring (bicyclic) bond motifs is 1.